The minimum atomic E-state index is 0.594. The van der Waals surface area contributed by atoms with Gasteiger partial charge in [-0.15, -0.1) is 23.2 Å². The molecule has 1 heterocycles. The Balaban J connectivity index is 2.33. The molecule has 0 aliphatic carbocycles. The zero-order chi connectivity index (χ0) is 12.3. The lowest BCUT2D eigenvalue weighted by Crippen LogP contribution is -2.27. The normalized spacial score (nSPS) is 11.0. The van der Waals surface area contributed by atoms with Gasteiger partial charge in [-0.2, -0.15) is 0 Å². The van der Waals surface area contributed by atoms with Crippen LogP contribution in [0.5, 0.6) is 0 Å². The van der Waals surface area contributed by atoms with Crippen molar-refractivity contribution < 1.29 is 0 Å². The molecule has 0 aliphatic rings. The van der Waals surface area contributed by atoms with Crippen LogP contribution in [-0.2, 0) is 7.05 Å². The highest BCUT2D eigenvalue weighted by atomic mass is 35.5. The molecule has 5 heteroatoms. The van der Waals surface area contributed by atoms with Crippen LogP contribution in [0.4, 0.5) is 5.69 Å². The Hall–Kier alpha value is -0.930. The zero-order valence-electron chi connectivity index (χ0n) is 9.74. The third kappa shape index (κ3) is 2.67. The number of aromatic nitrogens is 2. The number of anilines is 1. The molecule has 0 amide bonds. The first-order valence-corrected chi connectivity index (χ1v) is 6.61. The molecule has 0 unspecified atom stereocenters. The molecule has 0 N–H and O–H groups in total. The molecule has 0 aliphatic heterocycles. The molecule has 0 spiro atoms. The fraction of sp³-hybridized carbons (Fsp3) is 0.417. The maximum atomic E-state index is 5.80. The Morgan fingerprint density at radius 2 is 1.94 bits per heavy atom. The standard InChI is InChI=1S/C12H15Cl2N3/c1-16-9-15-11-8-10(2-3-12(11)16)17(6-4-13)7-5-14/h2-3,8-9H,4-7H2,1H3. The van der Waals surface area contributed by atoms with E-state index in [9.17, 15) is 0 Å². The third-order valence-corrected chi connectivity index (χ3v) is 3.12. The average molecular weight is 272 g/mol. The van der Waals surface area contributed by atoms with E-state index in [1.807, 2.05) is 17.9 Å². The largest absolute Gasteiger partial charge is 0.369 e. The average Bonchev–Trinajstić information content (AvgIpc) is 2.70. The number of benzene rings is 1. The van der Waals surface area contributed by atoms with E-state index in [2.05, 4.69) is 28.1 Å². The molecular weight excluding hydrogens is 257 g/mol. The summed E-state index contributed by atoms with van der Waals surface area (Å²) in [6.07, 6.45) is 1.82. The smallest absolute Gasteiger partial charge is 0.0955 e. The molecule has 0 saturated carbocycles. The molecule has 0 radical (unpaired) electrons. The summed E-state index contributed by atoms with van der Waals surface area (Å²) < 4.78 is 2.01. The van der Waals surface area contributed by atoms with Crippen LogP contribution in [0.15, 0.2) is 24.5 Å². The van der Waals surface area contributed by atoms with E-state index in [0.717, 1.165) is 29.8 Å². The molecule has 0 saturated heterocycles. The first kappa shape index (κ1) is 12.5. The van der Waals surface area contributed by atoms with Crippen LogP contribution < -0.4 is 4.90 Å². The molecule has 17 heavy (non-hydrogen) atoms. The van der Waals surface area contributed by atoms with Gasteiger partial charge in [0.15, 0.2) is 0 Å². The van der Waals surface area contributed by atoms with E-state index >= 15 is 0 Å². The van der Waals surface area contributed by atoms with Gasteiger partial charge in [0.05, 0.1) is 17.4 Å². The second kappa shape index (κ2) is 5.61. The number of fused-ring (bicyclic) bond motifs is 1. The van der Waals surface area contributed by atoms with Crippen molar-refractivity contribution in [1.82, 2.24) is 9.55 Å². The maximum absolute atomic E-state index is 5.80. The highest BCUT2D eigenvalue weighted by Gasteiger charge is 2.07. The monoisotopic (exact) mass is 271 g/mol. The van der Waals surface area contributed by atoms with Crippen LogP contribution in [0.1, 0.15) is 0 Å². The quantitative estimate of drug-likeness (QED) is 0.780. The van der Waals surface area contributed by atoms with Crippen LogP contribution in [0.2, 0.25) is 0 Å². The molecule has 3 nitrogen and oxygen atoms in total. The maximum Gasteiger partial charge on any atom is 0.0955 e. The molecule has 0 bridgehead atoms. The molecular formula is C12H15Cl2N3. The van der Waals surface area contributed by atoms with E-state index in [1.165, 1.54) is 0 Å². The Labute approximate surface area is 111 Å². The number of alkyl halides is 2. The number of halogens is 2. The molecule has 2 rings (SSSR count). The lowest BCUT2D eigenvalue weighted by Gasteiger charge is -2.22. The van der Waals surface area contributed by atoms with Gasteiger partial charge >= 0.3 is 0 Å². The molecule has 0 atom stereocenters. The van der Waals surface area contributed by atoms with Gasteiger partial charge in [0.1, 0.15) is 0 Å². The van der Waals surface area contributed by atoms with Crippen molar-refractivity contribution in [3.63, 3.8) is 0 Å². The summed E-state index contributed by atoms with van der Waals surface area (Å²) in [7, 11) is 1.99. The molecule has 2 aromatic rings. The molecule has 1 aromatic heterocycles. The Morgan fingerprint density at radius 3 is 2.59 bits per heavy atom. The van der Waals surface area contributed by atoms with Crippen LogP contribution >= 0.6 is 23.2 Å². The summed E-state index contributed by atoms with van der Waals surface area (Å²) >= 11 is 11.6. The number of hydrogen-bond acceptors (Lipinski definition) is 2. The number of hydrogen-bond donors (Lipinski definition) is 0. The van der Waals surface area contributed by atoms with Crippen LogP contribution in [0, 0.1) is 0 Å². The third-order valence-electron chi connectivity index (χ3n) is 2.78. The summed E-state index contributed by atoms with van der Waals surface area (Å²) in [4.78, 5) is 6.53. The van der Waals surface area contributed by atoms with E-state index in [0.29, 0.717) is 11.8 Å². The minimum absolute atomic E-state index is 0.594. The van der Waals surface area contributed by atoms with Crippen molar-refractivity contribution in [3.05, 3.63) is 24.5 Å². The highest BCUT2D eigenvalue weighted by Crippen LogP contribution is 2.21. The number of nitrogens with zero attached hydrogens (tertiary/aromatic N) is 3. The van der Waals surface area contributed by atoms with Gasteiger partial charge in [0.25, 0.3) is 0 Å². The van der Waals surface area contributed by atoms with Crippen LogP contribution in [0.3, 0.4) is 0 Å². The lowest BCUT2D eigenvalue weighted by molar-refractivity contribution is 0.874. The van der Waals surface area contributed by atoms with Crippen LogP contribution in [-0.4, -0.2) is 34.4 Å². The van der Waals surface area contributed by atoms with Gasteiger partial charge in [-0.05, 0) is 18.2 Å². The highest BCUT2D eigenvalue weighted by molar-refractivity contribution is 6.18. The fourth-order valence-electron chi connectivity index (χ4n) is 1.90. The van der Waals surface area contributed by atoms with Gasteiger partial charge < -0.3 is 9.47 Å². The van der Waals surface area contributed by atoms with Crippen molar-refractivity contribution >= 4 is 39.9 Å². The van der Waals surface area contributed by atoms with Crippen LogP contribution in [0.25, 0.3) is 11.0 Å². The second-order valence-electron chi connectivity index (χ2n) is 3.89. The van der Waals surface area contributed by atoms with E-state index in [-0.39, 0.29) is 0 Å². The predicted molar refractivity (Wildman–Crippen MR) is 74.4 cm³/mol. The first-order chi connectivity index (χ1) is 8.26. The number of imidazole rings is 1. The van der Waals surface area contributed by atoms with Gasteiger partial charge in [-0.25, -0.2) is 4.98 Å². The van der Waals surface area contributed by atoms with Crippen molar-refractivity contribution in [1.29, 1.82) is 0 Å². The van der Waals surface area contributed by atoms with Crippen molar-refractivity contribution in [2.45, 2.75) is 0 Å². The van der Waals surface area contributed by atoms with E-state index in [4.69, 9.17) is 23.2 Å². The van der Waals surface area contributed by atoms with Gasteiger partial charge in [-0.1, -0.05) is 0 Å². The van der Waals surface area contributed by atoms with Crippen molar-refractivity contribution in [2.75, 3.05) is 29.7 Å². The predicted octanol–water partition coefficient (Wildman–Crippen LogP) is 2.86. The molecule has 0 fully saturated rings. The second-order valence-corrected chi connectivity index (χ2v) is 4.65. The SMILES string of the molecule is Cn1cnc2cc(N(CCCl)CCCl)ccc21. The number of aryl methyl sites for hydroxylation is 1. The van der Waals surface area contributed by atoms with Crippen molar-refractivity contribution in [3.8, 4) is 0 Å². The summed E-state index contributed by atoms with van der Waals surface area (Å²) in [5, 5.41) is 0. The molecule has 92 valence electrons. The summed E-state index contributed by atoms with van der Waals surface area (Å²) in [5.74, 6) is 1.19. The zero-order valence-corrected chi connectivity index (χ0v) is 11.2. The summed E-state index contributed by atoms with van der Waals surface area (Å²) in [6.45, 7) is 1.60. The summed E-state index contributed by atoms with van der Waals surface area (Å²) in [5.41, 5.74) is 3.25. The molecule has 1 aromatic carbocycles. The topological polar surface area (TPSA) is 21.1 Å². The van der Waals surface area contributed by atoms with Gasteiger partial charge in [0, 0.05) is 37.6 Å². The van der Waals surface area contributed by atoms with E-state index < -0.39 is 0 Å². The van der Waals surface area contributed by atoms with E-state index in [1.54, 1.807) is 0 Å². The lowest BCUT2D eigenvalue weighted by atomic mass is 10.2. The van der Waals surface area contributed by atoms with Crippen molar-refractivity contribution in [2.24, 2.45) is 7.05 Å². The Bertz CT molecular complexity index is 489. The number of rotatable bonds is 5. The minimum Gasteiger partial charge on any atom is -0.369 e. The Kier molecular flexibility index (Phi) is 4.13. The van der Waals surface area contributed by atoms with Gasteiger partial charge in [-0.3, -0.25) is 0 Å². The fourth-order valence-corrected chi connectivity index (χ4v) is 2.30. The van der Waals surface area contributed by atoms with Gasteiger partial charge in [0.2, 0.25) is 0 Å². The summed E-state index contributed by atoms with van der Waals surface area (Å²) in [6, 6.07) is 6.24. The first-order valence-electron chi connectivity index (χ1n) is 5.54. The Morgan fingerprint density at radius 1 is 1.24 bits per heavy atom.